The van der Waals surface area contributed by atoms with Gasteiger partial charge in [0.25, 0.3) is 0 Å². The number of carbonyl (C=O) groups is 3. The average Bonchev–Trinajstić information content (AvgIpc) is 2.57. The number of carboxylic acid groups (broad SMARTS) is 1. The predicted molar refractivity (Wildman–Crippen MR) is 93.6 cm³/mol. The highest BCUT2D eigenvalue weighted by Crippen LogP contribution is 2.08. The number of carboxylic acids is 1. The Labute approximate surface area is 157 Å². The van der Waals surface area contributed by atoms with Gasteiger partial charge >= 0.3 is 12.1 Å². The highest BCUT2D eigenvalue weighted by Gasteiger charge is 2.23. The van der Waals surface area contributed by atoms with Crippen molar-refractivity contribution in [3.05, 3.63) is 12.2 Å². The van der Waals surface area contributed by atoms with Crippen molar-refractivity contribution in [2.75, 3.05) is 6.54 Å². The summed E-state index contributed by atoms with van der Waals surface area (Å²) in [5, 5.41) is 28.9. The molecule has 3 N–H and O–H groups in total. The molecule has 0 aliphatic carbocycles. The van der Waals surface area contributed by atoms with Gasteiger partial charge in [0.1, 0.15) is 11.6 Å². The van der Waals surface area contributed by atoms with Gasteiger partial charge in [-0.05, 0) is 40.0 Å². The zero-order valence-electron chi connectivity index (χ0n) is 15.8. The van der Waals surface area contributed by atoms with Gasteiger partial charge in [-0.15, -0.1) is 20.4 Å². The first-order valence-corrected chi connectivity index (χ1v) is 8.65. The van der Waals surface area contributed by atoms with E-state index in [9.17, 15) is 19.5 Å². The fraction of sp³-hybridized carbons (Fsp3) is 0.688. The third-order valence-corrected chi connectivity index (χ3v) is 3.26. The van der Waals surface area contributed by atoms with Gasteiger partial charge in [0.2, 0.25) is 5.91 Å². The molecule has 1 atom stereocenters. The van der Waals surface area contributed by atoms with Crippen LogP contribution in [0.2, 0.25) is 0 Å². The van der Waals surface area contributed by atoms with Crippen molar-refractivity contribution in [3.8, 4) is 0 Å². The molecule has 0 bridgehead atoms. The highest BCUT2D eigenvalue weighted by molar-refractivity contribution is 5.80. The molecule has 0 fully saturated rings. The lowest BCUT2D eigenvalue weighted by Crippen LogP contribution is -2.43. The van der Waals surface area contributed by atoms with Gasteiger partial charge in [0.05, 0.1) is 0 Å². The van der Waals surface area contributed by atoms with Crippen LogP contribution in [0.5, 0.6) is 0 Å². The van der Waals surface area contributed by atoms with Crippen molar-refractivity contribution in [1.82, 2.24) is 31.0 Å². The third kappa shape index (κ3) is 10.7. The number of rotatable bonds is 10. The van der Waals surface area contributed by atoms with E-state index in [1.54, 1.807) is 20.8 Å². The maximum Gasteiger partial charge on any atom is 0.408 e. The molecule has 150 valence electrons. The molecular weight excluding hydrogens is 356 g/mol. The van der Waals surface area contributed by atoms with Gasteiger partial charge in [-0.3, -0.25) is 4.79 Å². The molecule has 0 aromatic carbocycles. The van der Waals surface area contributed by atoms with E-state index < -0.39 is 23.7 Å². The Hall–Kier alpha value is -2.85. The van der Waals surface area contributed by atoms with Crippen LogP contribution in [-0.4, -0.2) is 61.7 Å². The molecule has 11 nitrogen and oxygen atoms in total. The van der Waals surface area contributed by atoms with Crippen molar-refractivity contribution in [1.29, 1.82) is 0 Å². The first-order valence-electron chi connectivity index (χ1n) is 8.65. The summed E-state index contributed by atoms with van der Waals surface area (Å²) >= 11 is 0. The first kappa shape index (κ1) is 22.2. The van der Waals surface area contributed by atoms with E-state index in [1.807, 2.05) is 0 Å². The molecule has 0 aliphatic heterocycles. The summed E-state index contributed by atoms with van der Waals surface area (Å²) in [7, 11) is 0. The van der Waals surface area contributed by atoms with E-state index in [0.29, 0.717) is 31.6 Å². The van der Waals surface area contributed by atoms with Crippen LogP contribution in [0.25, 0.3) is 0 Å². The van der Waals surface area contributed by atoms with E-state index in [-0.39, 0.29) is 18.7 Å². The lowest BCUT2D eigenvalue weighted by Gasteiger charge is -2.22. The summed E-state index contributed by atoms with van der Waals surface area (Å²) < 4.78 is 5.05. The minimum absolute atomic E-state index is 0.163. The number of aromatic nitrogens is 4. The van der Waals surface area contributed by atoms with Crippen molar-refractivity contribution in [2.45, 2.75) is 64.5 Å². The molecule has 27 heavy (non-hydrogen) atoms. The second kappa shape index (κ2) is 11.0. The standard InChI is InChI=1S/C16H26N6O5/c1-16(2,3)27-15(26)20-11(14(24)25)6-4-5-9-17-13(23)8-7-12-21-18-10-19-22-12/h10-11H,4-9H2,1-3H3,(H,17,23)(H,20,26)(H,24,25)/t11-/m0/s1. The molecule has 1 rings (SSSR count). The molecule has 0 radical (unpaired) electrons. The Morgan fingerprint density at radius 3 is 2.44 bits per heavy atom. The molecular formula is C16H26N6O5. The maximum absolute atomic E-state index is 11.7. The Balaban J connectivity index is 2.21. The van der Waals surface area contributed by atoms with Gasteiger partial charge in [0, 0.05) is 19.4 Å². The molecule has 1 aromatic rings. The Morgan fingerprint density at radius 1 is 1.19 bits per heavy atom. The second-order valence-corrected chi connectivity index (χ2v) is 6.85. The topological polar surface area (TPSA) is 156 Å². The molecule has 0 saturated carbocycles. The van der Waals surface area contributed by atoms with Crippen molar-refractivity contribution in [3.63, 3.8) is 0 Å². The number of hydrogen-bond acceptors (Lipinski definition) is 8. The number of aliphatic carboxylic acids is 1. The fourth-order valence-corrected chi connectivity index (χ4v) is 2.05. The quantitative estimate of drug-likeness (QED) is 0.489. The van der Waals surface area contributed by atoms with E-state index in [0.717, 1.165) is 0 Å². The van der Waals surface area contributed by atoms with Crippen LogP contribution in [0.1, 0.15) is 52.3 Å². The number of nitrogens with one attached hydrogen (secondary N) is 2. The monoisotopic (exact) mass is 382 g/mol. The molecule has 0 unspecified atom stereocenters. The number of carbonyl (C=O) groups excluding carboxylic acids is 2. The smallest absolute Gasteiger partial charge is 0.408 e. The summed E-state index contributed by atoms with van der Waals surface area (Å²) in [6.45, 7) is 5.50. The largest absolute Gasteiger partial charge is 0.480 e. The normalized spacial score (nSPS) is 12.1. The summed E-state index contributed by atoms with van der Waals surface area (Å²) in [6.07, 6.45) is 2.33. The van der Waals surface area contributed by atoms with Crippen LogP contribution >= 0.6 is 0 Å². The minimum Gasteiger partial charge on any atom is -0.480 e. The SMILES string of the molecule is CC(C)(C)OC(=O)N[C@@H](CCCCNC(=O)CCc1nncnn1)C(=O)O. The van der Waals surface area contributed by atoms with Crippen LogP contribution in [0.3, 0.4) is 0 Å². The van der Waals surface area contributed by atoms with Gasteiger partial charge in [0.15, 0.2) is 12.2 Å². The number of amides is 2. The van der Waals surface area contributed by atoms with E-state index in [1.165, 1.54) is 6.33 Å². The highest BCUT2D eigenvalue weighted by atomic mass is 16.6. The zero-order chi connectivity index (χ0) is 20.3. The number of unbranched alkanes of at least 4 members (excludes halogenated alkanes) is 1. The summed E-state index contributed by atoms with van der Waals surface area (Å²) in [6, 6.07) is -1.04. The zero-order valence-corrected chi connectivity index (χ0v) is 15.8. The molecule has 1 aromatic heterocycles. The number of aryl methyl sites for hydroxylation is 1. The minimum atomic E-state index is -1.13. The maximum atomic E-state index is 11.7. The third-order valence-electron chi connectivity index (χ3n) is 3.26. The van der Waals surface area contributed by atoms with Crippen LogP contribution in [0.4, 0.5) is 4.79 Å². The van der Waals surface area contributed by atoms with Crippen LogP contribution in [0.15, 0.2) is 6.33 Å². The summed E-state index contributed by atoms with van der Waals surface area (Å²) in [5.74, 6) is -0.899. The molecule has 2 amide bonds. The average molecular weight is 382 g/mol. The second-order valence-electron chi connectivity index (χ2n) is 6.85. The van der Waals surface area contributed by atoms with E-state index >= 15 is 0 Å². The Morgan fingerprint density at radius 2 is 1.85 bits per heavy atom. The van der Waals surface area contributed by atoms with Crippen molar-refractivity contribution in [2.24, 2.45) is 0 Å². The molecule has 1 heterocycles. The first-order chi connectivity index (χ1) is 12.7. The van der Waals surface area contributed by atoms with E-state index in [4.69, 9.17) is 4.74 Å². The van der Waals surface area contributed by atoms with Gasteiger partial charge in [-0.2, -0.15) is 0 Å². The summed E-state index contributed by atoms with van der Waals surface area (Å²) in [5.41, 5.74) is -0.700. The van der Waals surface area contributed by atoms with Gasteiger partial charge in [-0.1, -0.05) is 0 Å². The molecule has 0 saturated heterocycles. The lowest BCUT2D eigenvalue weighted by molar-refractivity contribution is -0.139. The van der Waals surface area contributed by atoms with Crippen molar-refractivity contribution < 1.29 is 24.2 Å². The van der Waals surface area contributed by atoms with Crippen LogP contribution in [-0.2, 0) is 20.7 Å². The number of alkyl carbamates (subject to hydrolysis) is 1. The lowest BCUT2D eigenvalue weighted by atomic mass is 10.1. The van der Waals surface area contributed by atoms with Gasteiger partial charge < -0.3 is 20.5 Å². The molecule has 0 spiro atoms. The fourth-order valence-electron chi connectivity index (χ4n) is 2.05. The van der Waals surface area contributed by atoms with Crippen LogP contribution in [0, 0.1) is 0 Å². The number of hydrogen-bond donors (Lipinski definition) is 3. The van der Waals surface area contributed by atoms with E-state index in [2.05, 4.69) is 31.0 Å². The molecule has 11 heteroatoms. The van der Waals surface area contributed by atoms with Gasteiger partial charge in [-0.25, -0.2) is 9.59 Å². The Kier molecular flexibility index (Phi) is 9.03. The molecule has 0 aliphatic rings. The van der Waals surface area contributed by atoms with Crippen LogP contribution < -0.4 is 10.6 Å². The Bertz CT molecular complexity index is 619. The number of nitrogens with zero attached hydrogens (tertiary/aromatic N) is 4. The van der Waals surface area contributed by atoms with Crippen molar-refractivity contribution >= 4 is 18.0 Å². The summed E-state index contributed by atoms with van der Waals surface area (Å²) in [4.78, 5) is 34.6. The number of ether oxygens (including phenoxy) is 1. The predicted octanol–water partition coefficient (Wildman–Crippen LogP) is 0.464.